The van der Waals surface area contributed by atoms with Crippen molar-refractivity contribution < 1.29 is 9.53 Å². The number of carbonyl (C=O) groups excluding carboxylic acids is 1. The van der Waals surface area contributed by atoms with Crippen LogP contribution in [0.2, 0.25) is 0 Å². The Bertz CT molecular complexity index is 722. The Balaban J connectivity index is 1.46. The highest BCUT2D eigenvalue weighted by Crippen LogP contribution is 2.67. The van der Waals surface area contributed by atoms with Crippen molar-refractivity contribution >= 4 is 5.97 Å². The van der Waals surface area contributed by atoms with Crippen molar-refractivity contribution in [3.8, 4) is 0 Å². The molecule has 2 nitrogen and oxygen atoms in total. The zero-order valence-electron chi connectivity index (χ0n) is 22.1. The molecule has 3 fully saturated rings. The molecule has 4 rings (SSSR count). The van der Waals surface area contributed by atoms with E-state index in [4.69, 9.17) is 4.74 Å². The van der Waals surface area contributed by atoms with Gasteiger partial charge in [-0.25, -0.2) is 0 Å². The van der Waals surface area contributed by atoms with Crippen LogP contribution in [0.15, 0.2) is 11.6 Å². The molecule has 0 amide bonds. The molecule has 0 aliphatic heterocycles. The molecule has 0 N–H and O–H groups in total. The van der Waals surface area contributed by atoms with Crippen molar-refractivity contribution in [3.63, 3.8) is 0 Å². The minimum atomic E-state index is -0.116. The molecule has 0 aromatic heterocycles. The number of allylic oxidation sites excluding steroid dienone is 1. The largest absolute Gasteiger partial charge is 0.462 e. The zero-order valence-corrected chi connectivity index (χ0v) is 22.1. The molecule has 4 aliphatic carbocycles. The van der Waals surface area contributed by atoms with E-state index in [2.05, 4.69) is 47.6 Å². The molecule has 32 heavy (non-hydrogen) atoms. The van der Waals surface area contributed by atoms with E-state index in [1.807, 2.05) is 0 Å². The molecule has 0 aromatic rings. The van der Waals surface area contributed by atoms with Crippen LogP contribution in [-0.2, 0) is 9.53 Å². The maximum atomic E-state index is 11.5. The highest BCUT2D eigenvalue weighted by Gasteiger charge is 2.59. The van der Waals surface area contributed by atoms with Crippen LogP contribution in [0.4, 0.5) is 0 Å². The minimum Gasteiger partial charge on any atom is -0.462 e. The second-order valence-corrected chi connectivity index (χ2v) is 13.2. The van der Waals surface area contributed by atoms with E-state index in [-0.39, 0.29) is 12.1 Å². The van der Waals surface area contributed by atoms with E-state index in [0.29, 0.717) is 10.8 Å². The topological polar surface area (TPSA) is 26.3 Å². The van der Waals surface area contributed by atoms with Crippen molar-refractivity contribution in [2.24, 2.45) is 52.3 Å². The fraction of sp³-hybridized carbons (Fsp3) is 0.900. The SMILES string of the molecule is CC(=O)O[C@H]1CC[C@@]2(C)C(=CC[C@@H]3[C@H]4CC[C@@H]([C@H](C)CC[C@H](C)C(C)C)[C@@]4(C)CC[C@H]32)C1. The Labute approximate surface area is 198 Å². The first-order valence-electron chi connectivity index (χ1n) is 13.9. The van der Waals surface area contributed by atoms with E-state index >= 15 is 0 Å². The van der Waals surface area contributed by atoms with Gasteiger partial charge in [0.25, 0.3) is 0 Å². The molecule has 0 heterocycles. The summed E-state index contributed by atoms with van der Waals surface area (Å²) in [7, 11) is 0. The van der Waals surface area contributed by atoms with Crippen molar-refractivity contribution in [1.29, 1.82) is 0 Å². The Morgan fingerprint density at radius 3 is 2.47 bits per heavy atom. The maximum Gasteiger partial charge on any atom is 0.302 e. The fourth-order valence-electron chi connectivity index (χ4n) is 9.00. The molecule has 182 valence electrons. The Morgan fingerprint density at radius 1 is 1.03 bits per heavy atom. The molecule has 3 saturated carbocycles. The summed E-state index contributed by atoms with van der Waals surface area (Å²) in [5, 5.41) is 0. The normalized spacial score (nSPS) is 43.0. The van der Waals surface area contributed by atoms with Gasteiger partial charge in [0.05, 0.1) is 0 Å². The molecule has 0 spiro atoms. The molecule has 0 bridgehead atoms. The predicted octanol–water partition coefficient (Wildman–Crippen LogP) is 8.21. The highest BCUT2D eigenvalue weighted by molar-refractivity contribution is 5.66. The number of carbonyl (C=O) groups is 1. The molecule has 9 atom stereocenters. The van der Waals surface area contributed by atoms with Crippen LogP contribution in [-0.4, -0.2) is 12.1 Å². The number of esters is 1. The van der Waals surface area contributed by atoms with E-state index in [1.165, 1.54) is 51.4 Å². The van der Waals surface area contributed by atoms with Gasteiger partial charge in [-0.3, -0.25) is 4.79 Å². The summed E-state index contributed by atoms with van der Waals surface area (Å²) < 4.78 is 5.62. The first-order chi connectivity index (χ1) is 15.1. The average molecular weight is 443 g/mol. The molecule has 0 saturated heterocycles. The summed E-state index contributed by atoms with van der Waals surface area (Å²) in [6.07, 6.45) is 15.8. The third-order valence-corrected chi connectivity index (χ3v) is 11.4. The Kier molecular flexibility index (Phi) is 6.92. The third-order valence-electron chi connectivity index (χ3n) is 11.4. The van der Waals surface area contributed by atoms with Gasteiger partial charge in [-0.15, -0.1) is 0 Å². The van der Waals surface area contributed by atoms with Crippen molar-refractivity contribution in [3.05, 3.63) is 11.6 Å². The molecule has 0 radical (unpaired) electrons. The quantitative estimate of drug-likeness (QED) is 0.306. The van der Waals surface area contributed by atoms with E-state index in [0.717, 1.165) is 54.3 Å². The van der Waals surface area contributed by atoms with Crippen LogP contribution in [0.5, 0.6) is 0 Å². The number of fused-ring (bicyclic) bond motifs is 5. The first-order valence-corrected chi connectivity index (χ1v) is 13.9. The zero-order chi connectivity index (χ0) is 23.3. The summed E-state index contributed by atoms with van der Waals surface area (Å²) in [6, 6.07) is 0. The van der Waals surface area contributed by atoms with Gasteiger partial charge in [0.15, 0.2) is 0 Å². The number of hydrogen-bond donors (Lipinski definition) is 0. The molecule has 4 aliphatic rings. The van der Waals surface area contributed by atoms with Gasteiger partial charge >= 0.3 is 5.97 Å². The lowest BCUT2D eigenvalue weighted by molar-refractivity contribution is -0.148. The minimum absolute atomic E-state index is 0.113. The Morgan fingerprint density at radius 2 is 1.78 bits per heavy atom. The second kappa shape index (κ2) is 9.10. The monoisotopic (exact) mass is 442 g/mol. The molecule has 0 aromatic carbocycles. The summed E-state index contributed by atoms with van der Waals surface area (Å²) in [5.74, 6) is 5.96. The molecule has 2 heteroatoms. The van der Waals surface area contributed by atoms with Gasteiger partial charge in [-0.05, 0) is 97.2 Å². The van der Waals surface area contributed by atoms with Crippen LogP contribution in [0.25, 0.3) is 0 Å². The molecular formula is C30H50O2. The lowest BCUT2D eigenvalue weighted by atomic mass is 9.47. The van der Waals surface area contributed by atoms with E-state index in [9.17, 15) is 4.79 Å². The predicted molar refractivity (Wildman–Crippen MR) is 133 cm³/mol. The van der Waals surface area contributed by atoms with Gasteiger partial charge in [0, 0.05) is 13.3 Å². The van der Waals surface area contributed by atoms with Gasteiger partial charge in [-0.2, -0.15) is 0 Å². The van der Waals surface area contributed by atoms with Gasteiger partial charge in [0.2, 0.25) is 0 Å². The highest BCUT2D eigenvalue weighted by atomic mass is 16.5. The van der Waals surface area contributed by atoms with Crippen LogP contribution >= 0.6 is 0 Å². The molecule has 0 unspecified atom stereocenters. The van der Waals surface area contributed by atoms with Crippen molar-refractivity contribution in [2.45, 2.75) is 119 Å². The second-order valence-electron chi connectivity index (χ2n) is 13.2. The van der Waals surface area contributed by atoms with E-state index < -0.39 is 0 Å². The van der Waals surface area contributed by atoms with Crippen molar-refractivity contribution in [2.75, 3.05) is 0 Å². The van der Waals surface area contributed by atoms with Crippen LogP contribution in [0, 0.1) is 52.3 Å². The van der Waals surface area contributed by atoms with Crippen LogP contribution < -0.4 is 0 Å². The Hall–Kier alpha value is -0.790. The third kappa shape index (κ3) is 4.22. The van der Waals surface area contributed by atoms with E-state index in [1.54, 1.807) is 12.5 Å². The van der Waals surface area contributed by atoms with Gasteiger partial charge < -0.3 is 4.74 Å². The number of rotatable bonds is 6. The lowest BCUT2D eigenvalue weighted by Gasteiger charge is -2.58. The molecular weight excluding hydrogens is 392 g/mol. The summed E-state index contributed by atoms with van der Waals surface area (Å²) in [6.45, 7) is 16.6. The summed E-state index contributed by atoms with van der Waals surface area (Å²) in [4.78, 5) is 11.5. The lowest BCUT2D eigenvalue weighted by Crippen LogP contribution is -2.51. The fourth-order valence-corrected chi connectivity index (χ4v) is 9.00. The van der Waals surface area contributed by atoms with Crippen LogP contribution in [0.1, 0.15) is 113 Å². The average Bonchev–Trinajstić information content (AvgIpc) is 3.08. The summed E-state index contributed by atoms with van der Waals surface area (Å²) in [5.41, 5.74) is 2.51. The van der Waals surface area contributed by atoms with Crippen LogP contribution in [0.3, 0.4) is 0 Å². The van der Waals surface area contributed by atoms with Crippen molar-refractivity contribution in [1.82, 2.24) is 0 Å². The van der Waals surface area contributed by atoms with Gasteiger partial charge in [0.1, 0.15) is 6.10 Å². The number of ether oxygens (including phenoxy) is 1. The maximum absolute atomic E-state index is 11.5. The van der Waals surface area contributed by atoms with Gasteiger partial charge in [-0.1, -0.05) is 66.0 Å². The number of hydrogen-bond acceptors (Lipinski definition) is 2. The first kappa shape index (κ1) is 24.3. The smallest absolute Gasteiger partial charge is 0.302 e. The summed E-state index contributed by atoms with van der Waals surface area (Å²) >= 11 is 0. The standard InChI is InChI=1S/C30H50O2/c1-19(2)20(3)8-9-21(4)26-12-13-27-25-11-10-23-18-24(32-22(5)31)14-16-29(23,6)28(25)15-17-30(26,27)7/h10,19-21,24-28H,8-9,11-18H2,1-7H3/t20-,21+,24-,25+,26-,27+,28+,29-,30+/m0/s1.